The molecule has 1 heteroatoms. The van der Waals surface area contributed by atoms with Crippen molar-refractivity contribution in [3.8, 4) is 0 Å². The van der Waals surface area contributed by atoms with Crippen LogP contribution in [0.2, 0.25) is 0 Å². The van der Waals surface area contributed by atoms with Crippen LogP contribution in [0.4, 0.5) is 0 Å². The molecule has 4 atom stereocenters. The van der Waals surface area contributed by atoms with Gasteiger partial charge in [-0.25, -0.2) is 0 Å². The van der Waals surface area contributed by atoms with Crippen LogP contribution in [-0.2, 0) is 0 Å². The monoisotopic (exact) mass is 158 g/mol. The summed E-state index contributed by atoms with van der Waals surface area (Å²) in [6, 6.07) is 0. The zero-order chi connectivity index (χ0) is 7.72. The Morgan fingerprint density at radius 1 is 1.00 bits per heavy atom. The lowest BCUT2D eigenvalue weighted by atomic mass is 9.84. The highest BCUT2D eigenvalue weighted by Crippen LogP contribution is 2.37. The van der Waals surface area contributed by atoms with E-state index in [1.165, 1.54) is 5.75 Å². The maximum atomic E-state index is 2.39. The van der Waals surface area contributed by atoms with E-state index in [0.717, 1.165) is 23.0 Å². The van der Waals surface area contributed by atoms with E-state index >= 15 is 0 Å². The van der Waals surface area contributed by atoms with Crippen molar-refractivity contribution in [2.45, 2.75) is 32.9 Å². The van der Waals surface area contributed by atoms with Crippen molar-refractivity contribution in [2.24, 2.45) is 17.8 Å². The first-order chi connectivity index (χ1) is 4.63. The third kappa shape index (κ3) is 1.50. The Kier molecular flexibility index (Phi) is 2.67. The normalized spacial score (nSPS) is 49.2. The molecule has 1 unspecified atom stereocenters. The highest BCUT2D eigenvalue weighted by atomic mass is 32.2. The van der Waals surface area contributed by atoms with Crippen molar-refractivity contribution in [3.05, 3.63) is 0 Å². The third-order valence-corrected chi connectivity index (χ3v) is 4.76. The SMILES string of the molecule is CC1SC[C@H](C)[C@@H](C)[C@@H]1C. The predicted octanol–water partition coefficient (Wildman–Crippen LogP) is 3.03. The van der Waals surface area contributed by atoms with Gasteiger partial charge in [-0.15, -0.1) is 0 Å². The van der Waals surface area contributed by atoms with Gasteiger partial charge in [-0.1, -0.05) is 27.7 Å². The van der Waals surface area contributed by atoms with Gasteiger partial charge >= 0.3 is 0 Å². The summed E-state index contributed by atoms with van der Waals surface area (Å²) in [5.41, 5.74) is 0. The zero-order valence-electron chi connectivity index (χ0n) is 7.42. The van der Waals surface area contributed by atoms with Gasteiger partial charge in [-0.05, 0) is 23.5 Å². The topological polar surface area (TPSA) is 0 Å². The number of thioether (sulfide) groups is 1. The molecule has 1 aliphatic heterocycles. The Hall–Kier alpha value is 0.350. The summed E-state index contributed by atoms with van der Waals surface area (Å²) in [5, 5.41) is 0.881. The van der Waals surface area contributed by atoms with Gasteiger partial charge in [0, 0.05) is 5.25 Å². The second-order valence-corrected chi connectivity index (χ2v) is 5.14. The van der Waals surface area contributed by atoms with E-state index in [1.807, 2.05) is 0 Å². The molecule has 0 aromatic heterocycles. The second kappa shape index (κ2) is 3.17. The first kappa shape index (κ1) is 8.45. The van der Waals surface area contributed by atoms with Gasteiger partial charge in [0.05, 0.1) is 0 Å². The largest absolute Gasteiger partial charge is 0.158 e. The van der Waals surface area contributed by atoms with Gasteiger partial charge in [-0.2, -0.15) is 11.8 Å². The zero-order valence-corrected chi connectivity index (χ0v) is 8.24. The Labute approximate surface area is 68.8 Å². The van der Waals surface area contributed by atoms with Crippen molar-refractivity contribution in [1.82, 2.24) is 0 Å². The molecule has 60 valence electrons. The van der Waals surface area contributed by atoms with Crippen molar-refractivity contribution < 1.29 is 0 Å². The van der Waals surface area contributed by atoms with Crippen LogP contribution in [-0.4, -0.2) is 11.0 Å². The summed E-state index contributed by atoms with van der Waals surface area (Å²) in [5.74, 6) is 4.13. The van der Waals surface area contributed by atoms with Gasteiger partial charge in [-0.3, -0.25) is 0 Å². The van der Waals surface area contributed by atoms with Gasteiger partial charge in [0.1, 0.15) is 0 Å². The van der Waals surface area contributed by atoms with E-state index in [1.54, 1.807) is 0 Å². The minimum absolute atomic E-state index is 0.881. The molecule has 0 spiro atoms. The van der Waals surface area contributed by atoms with Crippen LogP contribution in [0.5, 0.6) is 0 Å². The summed E-state index contributed by atoms with van der Waals surface area (Å²) in [7, 11) is 0. The molecule has 1 saturated heterocycles. The van der Waals surface area contributed by atoms with Crippen LogP contribution in [0.15, 0.2) is 0 Å². The molecule has 0 aliphatic carbocycles. The van der Waals surface area contributed by atoms with Crippen LogP contribution >= 0.6 is 11.8 Å². The fraction of sp³-hybridized carbons (Fsp3) is 1.00. The number of rotatable bonds is 0. The minimum Gasteiger partial charge on any atom is -0.158 e. The van der Waals surface area contributed by atoms with Crippen molar-refractivity contribution in [2.75, 3.05) is 5.75 Å². The molecule has 0 amide bonds. The molecule has 0 aromatic carbocycles. The highest BCUT2D eigenvalue weighted by Gasteiger charge is 2.28. The molecular weight excluding hydrogens is 140 g/mol. The quantitative estimate of drug-likeness (QED) is 0.522. The summed E-state index contributed by atoms with van der Waals surface area (Å²) < 4.78 is 0. The standard InChI is InChI=1S/C9H18S/c1-6-5-10-9(4)8(3)7(6)2/h6-9H,5H2,1-4H3/t6-,7+,8-,9?/m0/s1. The van der Waals surface area contributed by atoms with Crippen LogP contribution < -0.4 is 0 Å². The van der Waals surface area contributed by atoms with Gasteiger partial charge in [0.15, 0.2) is 0 Å². The van der Waals surface area contributed by atoms with Gasteiger partial charge in [0.25, 0.3) is 0 Å². The molecule has 0 nitrogen and oxygen atoms in total. The Morgan fingerprint density at radius 2 is 1.60 bits per heavy atom. The summed E-state index contributed by atoms with van der Waals surface area (Å²) in [6.45, 7) is 9.52. The number of hydrogen-bond acceptors (Lipinski definition) is 1. The molecular formula is C9H18S. The van der Waals surface area contributed by atoms with E-state index in [9.17, 15) is 0 Å². The lowest BCUT2D eigenvalue weighted by molar-refractivity contribution is 0.286. The maximum Gasteiger partial charge on any atom is 0.00471 e. The van der Waals surface area contributed by atoms with Crippen molar-refractivity contribution in [1.29, 1.82) is 0 Å². The van der Waals surface area contributed by atoms with E-state index in [-0.39, 0.29) is 0 Å². The molecule has 0 radical (unpaired) electrons. The lowest BCUT2D eigenvalue weighted by Crippen LogP contribution is -2.30. The van der Waals surface area contributed by atoms with Crippen LogP contribution in [0.1, 0.15) is 27.7 Å². The summed E-state index contributed by atoms with van der Waals surface area (Å²) >= 11 is 2.14. The Balaban J connectivity index is 2.52. The Morgan fingerprint density at radius 3 is 2.10 bits per heavy atom. The lowest BCUT2D eigenvalue weighted by Gasteiger charge is -2.36. The molecule has 0 bridgehead atoms. The molecule has 0 saturated carbocycles. The second-order valence-electron chi connectivity index (χ2n) is 3.73. The maximum absolute atomic E-state index is 2.39. The number of hydrogen-bond donors (Lipinski definition) is 0. The summed E-state index contributed by atoms with van der Waals surface area (Å²) in [4.78, 5) is 0. The van der Waals surface area contributed by atoms with Crippen LogP contribution in [0, 0.1) is 17.8 Å². The van der Waals surface area contributed by atoms with Gasteiger partial charge < -0.3 is 0 Å². The predicted molar refractivity (Wildman–Crippen MR) is 49.4 cm³/mol. The summed E-state index contributed by atoms with van der Waals surface area (Å²) in [6.07, 6.45) is 0. The Bertz CT molecular complexity index is 97.3. The third-order valence-electron chi connectivity index (χ3n) is 3.09. The van der Waals surface area contributed by atoms with E-state index in [4.69, 9.17) is 0 Å². The first-order valence-electron chi connectivity index (χ1n) is 4.24. The first-order valence-corrected chi connectivity index (χ1v) is 5.29. The fourth-order valence-corrected chi connectivity index (χ4v) is 3.01. The van der Waals surface area contributed by atoms with Gasteiger partial charge in [0.2, 0.25) is 0 Å². The van der Waals surface area contributed by atoms with E-state index < -0.39 is 0 Å². The molecule has 1 rings (SSSR count). The average Bonchev–Trinajstić information content (AvgIpc) is 1.93. The van der Waals surface area contributed by atoms with Crippen molar-refractivity contribution in [3.63, 3.8) is 0 Å². The molecule has 0 aromatic rings. The fourth-order valence-electron chi connectivity index (χ4n) is 1.55. The highest BCUT2D eigenvalue weighted by molar-refractivity contribution is 7.99. The molecule has 10 heavy (non-hydrogen) atoms. The van der Waals surface area contributed by atoms with E-state index in [2.05, 4.69) is 39.5 Å². The smallest absolute Gasteiger partial charge is 0.00471 e. The average molecular weight is 158 g/mol. The molecule has 1 heterocycles. The molecule has 0 N–H and O–H groups in total. The molecule has 1 fully saturated rings. The van der Waals surface area contributed by atoms with Crippen LogP contribution in [0.3, 0.4) is 0 Å². The minimum atomic E-state index is 0.881. The van der Waals surface area contributed by atoms with Crippen LogP contribution in [0.25, 0.3) is 0 Å². The van der Waals surface area contributed by atoms with E-state index in [0.29, 0.717) is 0 Å². The van der Waals surface area contributed by atoms with Crippen molar-refractivity contribution >= 4 is 11.8 Å². The molecule has 1 aliphatic rings.